The molecule has 0 spiro atoms. The third kappa shape index (κ3) is 3.30. The first-order valence-corrected chi connectivity index (χ1v) is 6.71. The normalized spacial score (nSPS) is 18.9. The SMILES string of the molecule is CNC(=Nc1ccccc1N1CCOCC1Cl)NC. The number of halogens is 1. The number of guanidine groups is 1. The minimum atomic E-state index is -0.155. The molecule has 1 fully saturated rings. The van der Waals surface area contributed by atoms with E-state index in [1.165, 1.54) is 0 Å². The Labute approximate surface area is 118 Å². The lowest BCUT2D eigenvalue weighted by Crippen LogP contribution is -2.42. The van der Waals surface area contributed by atoms with E-state index in [9.17, 15) is 0 Å². The molecule has 0 radical (unpaired) electrons. The standard InChI is InChI=1S/C13H19ClN4O/c1-15-13(16-2)17-10-5-3-4-6-11(10)18-7-8-19-9-12(18)14/h3-6,12H,7-9H2,1-2H3,(H2,15,16,17). The zero-order valence-corrected chi connectivity index (χ0v) is 11.9. The maximum atomic E-state index is 6.31. The van der Waals surface area contributed by atoms with Gasteiger partial charge in [-0.25, -0.2) is 4.99 Å². The van der Waals surface area contributed by atoms with Crippen LogP contribution in [0, 0.1) is 0 Å². The van der Waals surface area contributed by atoms with Crippen LogP contribution in [-0.4, -0.2) is 45.3 Å². The first-order valence-electron chi connectivity index (χ1n) is 6.28. The fraction of sp³-hybridized carbons (Fsp3) is 0.462. The Balaban J connectivity index is 2.32. The molecule has 1 unspecified atom stereocenters. The quantitative estimate of drug-likeness (QED) is 0.374. The maximum Gasteiger partial charge on any atom is 0.196 e. The molecule has 2 N–H and O–H groups in total. The van der Waals surface area contributed by atoms with Gasteiger partial charge >= 0.3 is 0 Å². The number of ether oxygens (including phenoxy) is 1. The molecule has 0 aromatic heterocycles. The summed E-state index contributed by atoms with van der Waals surface area (Å²) < 4.78 is 5.36. The average Bonchev–Trinajstić information content (AvgIpc) is 2.46. The monoisotopic (exact) mass is 282 g/mol. The van der Waals surface area contributed by atoms with Crippen molar-refractivity contribution >= 4 is 28.9 Å². The third-order valence-corrected chi connectivity index (χ3v) is 3.33. The molecule has 1 heterocycles. The number of hydrogen-bond donors (Lipinski definition) is 2. The number of nitrogens with zero attached hydrogens (tertiary/aromatic N) is 2. The summed E-state index contributed by atoms with van der Waals surface area (Å²) in [4.78, 5) is 6.68. The largest absolute Gasteiger partial charge is 0.376 e. The second-order valence-corrected chi connectivity index (χ2v) is 4.66. The van der Waals surface area contributed by atoms with E-state index in [0.29, 0.717) is 19.2 Å². The Kier molecular flexibility index (Phi) is 4.87. The van der Waals surface area contributed by atoms with E-state index < -0.39 is 0 Å². The molecule has 0 bridgehead atoms. The number of aliphatic imine (C=N–C) groups is 1. The predicted molar refractivity (Wildman–Crippen MR) is 79.5 cm³/mol. The predicted octanol–water partition coefficient (Wildman–Crippen LogP) is 1.51. The molecule has 1 aliphatic heterocycles. The molecule has 1 aromatic carbocycles. The van der Waals surface area contributed by atoms with Gasteiger partial charge in [-0.1, -0.05) is 23.7 Å². The summed E-state index contributed by atoms with van der Waals surface area (Å²) in [7, 11) is 3.66. The van der Waals surface area contributed by atoms with E-state index in [4.69, 9.17) is 16.3 Å². The number of hydrogen-bond acceptors (Lipinski definition) is 3. The van der Waals surface area contributed by atoms with E-state index in [2.05, 4.69) is 20.5 Å². The van der Waals surface area contributed by atoms with E-state index in [1.54, 1.807) is 0 Å². The van der Waals surface area contributed by atoms with Gasteiger partial charge in [0.05, 0.1) is 24.6 Å². The highest BCUT2D eigenvalue weighted by molar-refractivity contribution is 6.22. The second kappa shape index (κ2) is 6.63. The summed E-state index contributed by atoms with van der Waals surface area (Å²) in [6.07, 6.45) is 0. The van der Waals surface area contributed by atoms with E-state index in [1.807, 2.05) is 38.4 Å². The Morgan fingerprint density at radius 2 is 2.11 bits per heavy atom. The Hall–Kier alpha value is -1.46. The zero-order valence-electron chi connectivity index (χ0n) is 11.2. The van der Waals surface area contributed by atoms with Crippen LogP contribution < -0.4 is 15.5 Å². The van der Waals surface area contributed by atoms with Crippen LogP contribution in [0.1, 0.15) is 0 Å². The molecule has 0 amide bonds. The fourth-order valence-corrected chi connectivity index (χ4v) is 2.30. The van der Waals surface area contributed by atoms with Gasteiger partial charge in [-0.2, -0.15) is 0 Å². The van der Waals surface area contributed by atoms with Crippen LogP contribution in [0.15, 0.2) is 29.3 Å². The van der Waals surface area contributed by atoms with Gasteiger partial charge in [0.15, 0.2) is 5.96 Å². The Morgan fingerprint density at radius 3 is 2.79 bits per heavy atom. The van der Waals surface area contributed by atoms with Crippen LogP contribution in [0.5, 0.6) is 0 Å². The maximum absolute atomic E-state index is 6.31. The smallest absolute Gasteiger partial charge is 0.196 e. The second-order valence-electron chi connectivity index (χ2n) is 4.15. The highest BCUT2D eigenvalue weighted by Crippen LogP contribution is 2.31. The van der Waals surface area contributed by atoms with Crippen LogP contribution in [0.2, 0.25) is 0 Å². The molecule has 1 aromatic rings. The molecule has 1 saturated heterocycles. The molecule has 0 saturated carbocycles. The summed E-state index contributed by atoms with van der Waals surface area (Å²) in [5.41, 5.74) is 1.75. The molecule has 0 aliphatic carbocycles. The Morgan fingerprint density at radius 1 is 1.37 bits per heavy atom. The number of nitrogens with one attached hydrogen (secondary N) is 2. The van der Waals surface area contributed by atoms with Gasteiger partial charge < -0.3 is 20.3 Å². The van der Waals surface area contributed by atoms with E-state index >= 15 is 0 Å². The molecule has 6 heteroatoms. The van der Waals surface area contributed by atoms with Crippen molar-refractivity contribution in [3.05, 3.63) is 24.3 Å². The minimum absolute atomic E-state index is 0.155. The molecular weight excluding hydrogens is 264 g/mol. The van der Waals surface area contributed by atoms with Gasteiger partial charge in [-0.15, -0.1) is 0 Å². The van der Waals surface area contributed by atoms with Crippen molar-refractivity contribution in [1.29, 1.82) is 0 Å². The first kappa shape index (κ1) is 14.0. The Bertz CT molecular complexity index is 446. The highest BCUT2D eigenvalue weighted by atomic mass is 35.5. The molecule has 5 nitrogen and oxygen atoms in total. The van der Waals surface area contributed by atoms with Gasteiger partial charge in [0, 0.05) is 20.6 Å². The van der Waals surface area contributed by atoms with Crippen molar-refractivity contribution in [2.75, 3.05) is 38.8 Å². The molecule has 1 aliphatic rings. The topological polar surface area (TPSA) is 48.9 Å². The number of anilines is 1. The summed E-state index contributed by atoms with van der Waals surface area (Å²) in [6.45, 7) is 1.99. The number of rotatable bonds is 2. The van der Waals surface area contributed by atoms with Gasteiger partial charge in [0.25, 0.3) is 0 Å². The zero-order chi connectivity index (χ0) is 13.7. The number of para-hydroxylation sites is 2. The van der Waals surface area contributed by atoms with Gasteiger partial charge in [-0.3, -0.25) is 0 Å². The lowest BCUT2D eigenvalue weighted by atomic mass is 10.2. The average molecular weight is 283 g/mol. The summed E-state index contributed by atoms with van der Waals surface area (Å²) in [5, 5.41) is 6.01. The van der Waals surface area contributed by atoms with Crippen molar-refractivity contribution in [1.82, 2.24) is 10.6 Å². The van der Waals surface area contributed by atoms with Crippen LogP contribution >= 0.6 is 11.6 Å². The lowest BCUT2D eigenvalue weighted by molar-refractivity contribution is 0.113. The van der Waals surface area contributed by atoms with Crippen molar-refractivity contribution in [3.63, 3.8) is 0 Å². The number of alkyl halides is 1. The summed E-state index contributed by atoms with van der Waals surface area (Å²) >= 11 is 6.31. The summed E-state index contributed by atoms with van der Waals surface area (Å²) in [5.74, 6) is 0.715. The summed E-state index contributed by atoms with van der Waals surface area (Å²) in [6, 6.07) is 7.96. The van der Waals surface area contributed by atoms with E-state index in [-0.39, 0.29) is 5.50 Å². The number of benzene rings is 1. The highest BCUT2D eigenvalue weighted by Gasteiger charge is 2.22. The van der Waals surface area contributed by atoms with Crippen molar-refractivity contribution in [3.8, 4) is 0 Å². The molecule has 104 valence electrons. The van der Waals surface area contributed by atoms with Crippen molar-refractivity contribution < 1.29 is 4.74 Å². The molecule has 2 rings (SSSR count). The van der Waals surface area contributed by atoms with E-state index in [0.717, 1.165) is 17.9 Å². The lowest BCUT2D eigenvalue weighted by Gasteiger charge is -2.34. The number of morpholine rings is 1. The van der Waals surface area contributed by atoms with Crippen LogP contribution in [0.25, 0.3) is 0 Å². The van der Waals surface area contributed by atoms with Crippen LogP contribution in [0.4, 0.5) is 11.4 Å². The van der Waals surface area contributed by atoms with Gasteiger partial charge in [0.1, 0.15) is 5.50 Å². The minimum Gasteiger partial charge on any atom is -0.376 e. The fourth-order valence-electron chi connectivity index (χ4n) is 2.00. The van der Waals surface area contributed by atoms with Crippen molar-refractivity contribution in [2.45, 2.75) is 5.50 Å². The van der Waals surface area contributed by atoms with Crippen LogP contribution in [-0.2, 0) is 4.74 Å². The van der Waals surface area contributed by atoms with Crippen molar-refractivity contribution in [2.24, 2.45) is 4.99 Å². The first-order chi connectivity index (χ1) is 9.26. The third-order valence-electron chi connectivity index (χ3n) is 2.97. The van der Waals surface area contributed by atoms with Gasteiger partial charge in [0.2, 0.25) is 0 Å². The van der Waals surface area contributed by atoms with Crippen LogP contribution in [0.3, 0.4) is 0 Å². The van der Waals surface area contributed by atoms with Gasteiger partial charge in [-0.05, 0) is 12.1 Å². The molecule has 1 atom stereocenters. The molecule has 19 heavy (non-hydrogen) atoms. The molecular formula is C13H19ClN4O.